The summed E-state index contributed by atoms with van der Waals surface area (Å²) >= 11 is 6.12. The standard InChI is InChI=1S/C19H16ClN5O/c1-10-8-13(26)4-5-14(10)17-11(2)22-19(23-12(17)3)15-9-16-18(20)21-6-7-25(16)24-15/h4-9,26H,1-3H3. The van der Waals surface area contributed by atoms with Gasteiger partial charge >= 0.3 is 0 Å². The van der Waals surface area contributed by atoms with Crippen LogP contribution in [-0.2, 0) is 0 Å². The maximum absolute atomic E-state index is 9.65. The Labute approximate surface area is 155 Å². The first-order valence-electron chi connectivity index (χ1n) is 8.09. The fourth-order valence-electron chi connectivity index (χ4n) is 3.15. The molecule has 0 fully saturated rings. The lowest BCUT2D eigenvalue weighted by atomic mass is 9.98. The molecular formula is C19H16ClN5O. The van der Waals surface area contributed by atoms with Crippen LogP contribution in [0.15, 0.2) is 36.7 Å². The van der Waals surface area contributed by atoms with E-state index >= 15 is 0 Å². The second-order valence-electron chi connectivity index (χ2n) is 6.17. The molecule has 0 amide bonds. The summed E-state index contributed by atoms with van der Waals surface area (Å²) in [5.74, 6) is 0.786. The number of hydrogen-bond donors (Lipinski definition) is 1. The average molecular weight is 366 g/mol. The maximum atomic E-state index is 9.65. The van der Waals surface area contributed by atoms with Crippen molar-refractivity contribution in [3.8, 4) is 28.4 Å². The smallest absolute Gasteiger partial charge is 0.180 e. The van der Waals surface area contributed by atoms with Crippen LogP contribution in [0.2, 0.25) is 5.15 Å². The van der Waals surface area contributed by atoms with Crippen molar-refractivity contribution in [3.05, 3.63) is 58.8 Å². The normalized spacial score (nSPS) is 11.2. The van der Waals surface area contributed by atoms with E-state index in [-0.39, 0.29) is 5.75 Å². The lowest BCUT2D eigenvalue weighted by molar-refractivity contribution is 0.475. The van der Waals surface area contributed by atoms with Crippen molar-refractivity contribution >= 4 is 17.1 Å². The van der Waals surface area contributed by atoms with E-state index in [1.807, 2.05) is 32.9 Å². The molecule has 7 heteroatoms. The van der Waals surface area contributed by atoms with Crippen molar-refractivity contribution < 1.29 is 5.11 Å². The van der Waals surface area contributed by atoms with E-state index in [0.29, 0.717) is 22.2 Å². The van der Waals surface area contributed by atoms with Gasteiger partial charge in [-0.05, 0) is 50.1 Å². The summed E-state index contributed by atoms with van der Waals surface area (Å²) in [5.41, 5.74) is 5.99. The van der Waals surface area contributed by atoms with E-state index < -0.39 is 0 Å². The van der Waals surface area contributed by atoms with Crippen molar-refractivity contribution in [2.24, 2.45) is 0 Å². The number of aromatic hydroxyl groups is 1. The molecule has 130 valence electrons. The number of phenols is 1. The molecule has 26 heavy (non-hydrogen) atoms. The first kappa shape index (κ1) is 16.5. The molecule has 0 radical (unpaired) electrons. The van der Waals surface area contributed by atoms with Crippen molar-refractivity contribution in [3.63, 3.8) is 0 Å². The molecular weight excluding hydrogens is 350 g/mol. The minimum Gasteiger partial charge on any atom is -0.508 e. The summed E-state index contributed by atoms with van der Waals surface area (Å²) < 4.78 is 1.66. The topological polar surface area (TPSA) is 76.2 Å². The van der Waals surface area contributed by atoms with Gasteiger partial charge in [-0.25, -0.2) is 19.5 Å². The van der Waals surface area contributed by atoms with E-state index in [1.54, 1.807) is 29.0 Å². The summed E-state index contributed by atoms with van der Waals surface area (Å²) in [4.78, 5) is 13.4. The van der Waals surface area contributed by atoms with E-state index in [4.69, 9.17) is 11.6 Å². The molecule has 0 spiro atoms. The minimum atomic E-state index is 0.245. The third-order valence-electron chi connectivity index (χ3n) is 4.32. The highest BCUT2D eigenvalue weighted by Gasteiger charge is 2.16. The van der Waals surface area contributed by atoms with Crippen LogP contribution >= 0.6 is 11.6 Å². The summed E-state index contributed by atoms with van der Waals surface area (Å²) in [6.07, 6.45) is 3.33. The largest absolute Gasteiger partial charge is 0.508 e. The SMILES string of the molecule is Cc1cc(O)ccc1-c1c(C)nc(-c2cc3c(Cl)nccn3n2)nc1C. The molecule has 6 nitrogen and oxygen atoms in total. The Hall–Kier alpha value is -2.99. The summed E-state index contributed by atoms with van der Waals surface area (Å²) in [6.45, 7) is 5.85. The number of fused-ring (bicyclic) bond motifs is 1. The first-order chi connectivity index (χ1) is 12.4. The number of aromatic nitrogens is 5. The molecule has 0 saturated carbocycles. The molecule has 4 rings (SSSR count). The number of nitrogens with zero attached hydrogens (tertiary/aromatic N) is 5. The van der Waals surface area contributed by atoms with E-state index in [0.717, 1.165) is 28.1 Å². The van der Waals surface area contributed by atoms with Gasteiger partial charge in [0, 0.05) is 29.3 Å². The van der Waals surface area contributed by atoms with Crippen LogP contribution in [0.3, 0.4) is 0 Å². The summed E-state index contributed by atoms with van der Waals surface area (Å²) in [5, 5.41) is 14.5. The zero-order chi connectivity index (χ0) is 18.4. The number of phenolic OH excluding ortho intramolecular Hbond substituents is 1. The Morgan fingerprint density at radius 1 is 1.04 bits per heavy atom. The molecule has 1 N–H and O–H groups in total. The molecule has 0 saturated heterocycles. The monoisotopic (exact) mass is 365 g/mol. The lowest BCUT2D eigenvalue weighted by Crippen LogP contribution is -2.01. The second kappa shape index (κ2) is 6.07. The van der Waals surface area contributed by atoms with Gasteiger partial charge in [-0.3, -0.25) is 0 Å². The van der Waals surface area contributed by atoms with Gasteiger partial charge in [0.05, 0.1) is 0 Å². The van der Waals surface area contributed by atoms with Crippen LogP contribution in [0.4, 0.5) is 0 Å². The van der Waals surface area contributed by atoms with E-state index in [1.165, 1.54) is 0 Å². The number of benzene rings is 1. The van der Waals surface area contributed by atoms with Crippen LogP contribution in [-0.4, -0.2) is 29.7 Å². The third-order valence-corrected chi connectivity index (χ3v) is 4.61. The number of aryl methyl sites for hydroxylation is 3. The van der Waals surface area contributed by atoms with Crippen LogP contribution < -0.4 is 0 Å². The molecule has 0 aliphatic rings. The van der Waals surface area contributed by atoms with Gasteiger partial charge in [-0.2, -0.15) is 5.10 Å². The average Bonchev–Trinajstić information content (AvgIpc) is 3.02. The molecule has 4 aromatic rings. The quantitative estimate of drug-likeness (QED) is 0.577. The highest BCUT2D eigenvalue weighted by molar-refractivity contribution is 6.32. The lowest BCUT2D eigenvalue weighted by Gasteiger charge is -2.13. The third kappa shape index (κ3) is 2.68. The molecule has 0 aliphatic heterocycles. The second-order valence-corrected chi connectivity index (χ2v) is 6.53. The van der Waals surface area contributed by atoms with Crippen molar-refractivity contribution in [1.82, 2.24) is 24.6 Å². The molecule has 0 unspecified atom stereocenters. The van der Waals surface area contributed by atoms with Crippen LogP contribution in [0.25, 0.3) is 28.2 Å². The summed E-state index contributed by atoms with van der Waals surface area (Å²) in [6, 6.07) is 7.12. The van der Waals surface area contributed by atoms with Gasteiger partial charge in [0.1, 0.15) is 17.0 Å². The highest BCUT2D eigenvalue weighted by atomic mass is 35.5. The Bertz CT molecular complexity index is 1130. The van der Waals surface area contributed by atoms with Gasteiger partial charge in [-0.1, -0.05) is 17.7 Å². The van der Waals surface area contributed by atoms with Gasteiger partial charge in [0.2, 0.25) is 0 Å². The number of rotatable bonds is 2. The fraction of sp³-hybridized carbons (Fsp3) is 0.158. The van der Waals surface area contributed by atoms with Crippen LogP contribution in [0.5, 0.6) is 5.75 Å². The zero-order valence-corrected chi connectivity index (χ0v) is 15.3. The van der Waals surface area contributed by atoms with Gasteiger partial charge in [0.25, 0.3) is 0 Å². The Morgan fingerprint density at radius 3 is 2.42 bits per heavy atom. The van der Waals surface area contributed by atoms with Gasteiger partial charge < -0.3 is 5.11 Å². The highest BCUT2D eigenvalue weighted by Crippen LogP contribution is 2.31. The van der Waals surface area contributed by atoms with Crippen LogP contribution in [0.1, 0.15) is 17.0 Å². The molecule has 0 bridgehead atoms. The fourth-order valence-corrected chi connectivity index (χ4v) is 3.35. The zero-order valence-electron chi connectivity index (χ0n) is 14.5. The Morgan fingerprint density at radius 2 is 1.77 bits per heavy atom. The minimum absolute atomic E-state index is 0.245. The Kier molecular flexibility index (Phi) is 3.85. The van der Waals surface area contributed by atoms with Crippen molar-refractivity contribution in [2.45, 2.75) is 20.8 Å². The van der Waals surface area contributed by atoms with Crippen LogP contribution in [0, 0.1) is 20.8 Å². The Balaban J connectivity index is 1.86. The predicted octanol–water partition coefficient (Wildman–Crippen LogP) is 4.14. The first-order valence-corrected chi connectivity index (χ1v) is 8.47. The van der Waals surface area contributed by atoms with E-state index in [9.17, 15) is 5.11 Å². The molecule has 0 aliphatic carbocycles. The van der Waals surface area contributed by atoms with Crippen molar-refractivity contribution in [1.29, 1.82) is 0 Å². The van der Waals surface area contributed by atoms with Crippen molar-refractivity contribution in [2.75, 3.05) is 0 Å². The predicted molar refractivity (Wildman–Crippen MR) is 100 cm³/mol. The van der Waals surface area contributed by atoms with Gasteiger partial charge in [0.15, 0.2) is 11.0 Å². The van der Waals surface area contributed by atoms with Gasteiger partial charge in [-0.15, -0.1) is 0 Å². The van der Waals surface area contributed by atoms with E-state index in [2.05, 4.69) is 20.1 Å². The number of hydrogen-bond acceptors (Lipinski definition) is 5. The molecule has 3 aromatic heterocycles. The molecule has 0 atom stereocenters. The maximum Gasteiger partial charge on any atom is 0.180 e. The molecule has 3 heterocycles. The summed E-state index contributed by atoms with van der Waals surface area (Å²) in [7, 11) is 0. The molecule has 1 aromatic carbocycles. The number of halogens is 1.